The molecule has 3 rings (SSSR count). The first kappa shape index (κ1) is 12.6. The number of hydrogen-bond donors (Lipinski definition) is 0. The molecule has 1 atom stereocenters. The minimum Gasteiger partial charge on any atom is -0.333 e. The van der Waals surface area contributed by atoms with Crippen molar-refractivity contribution < 1.29 is 4.79 Å². The van der Waals surface area contributed by atoms with Gasteiger partial charge in [0.15, 0.2) is 0 Å². The Hall–Kier alpha value is -1.42. The predicted octanol–water partition coefficient (Wildman–Crippen LogP) is 3.62. The average Bonchev–Trinajstić information content (AvgIpc) is 3.03. The molecule has 0 radical (unpaired) electrons. The molecule has 0 bridgehead atoms. The number of carbonyl (C=O) groups excluding carboxylic acids is 1. The number of amides is 1. The van der Waals surface area contributed by atoms with E-state index >= 15 is 0 Å². The van der Waals surface area contributed by atoms with E-state index in [1.807, 2.05) is 36.9 Å². The molecule has 1 amide bonds. The van der Waals surface area contributed by atoms with Crippen molar-refractivity contribution >= 4 is 27.5 Å². The van der Waals surface area contributed by atoms with Crippen molar-refractivity contribution in [3.8, 4) is 0 Å². The molecule has 3 nitrogen and oxygen atoms in total. The molecular formula is C15H18N2OS. The summed E-state index contributed by atoms with van der Waals surface area (Å²) in [5, 5.41) is 1.09. The van der Waals surface area contributed by atoms with Gasteiger partial charge in [0, 0.05) is 12.5 Å². The van der Waals surface area contributed by atoms with Gasteiger partial charge < -0.3 is 4.90 Å². The van der Waals surface area contributed by atoms with E-state index in [0.29, 0.717) is 0 Å². The largest absolute Gasteiger partial charge is 0.333 e. The molecule has 1 unspecified atom stereocenters. The monoisotopic (exact) mass is 274 g/mol. The van der Waals surface area contributed by atoms with Crippen LogP contribution in [0.3, 0.4) is 0 Å². The second-order valence-electron chi connectivity index (χ2n) is 5.36. The van der Waals surface area contributed by atoms with Gasteiger partial charge in [0.2, 0.25) is 5.91 Å². The van der Waals surface area contributed by atoms with Crippen LogP contribution < -0.4 is 0 Å². The Kier molecular flexibility index (Phi) is 3.27. The van der Waals surface area contributed by atoms with Crippen LogP contribution in [0.5, 0.6) is 0 Å². The third-order valence-corrected chi connectivity index (χ3v) is 4.76. The predicted molar refractivity (Wildman–Crippen MR) is 78.1 cm³/mol. The van der Waals surface area contributed by atoms with Gasteiger partial charge in [0.25, 0.3) is 0 Å². The third kappa shape index (κ3) is 2.25. The number of likely N-dealkylation sites (tertiary alicyclic amines) is 1. The van der Waals surface area contributed by atoms with Gasteiger partial charge >= 0.3 is 0 Å². The number of thiazole rings is 1. The second-order valence-corrected chi connectivity index (χ2v) is 6.43. The molecule has 2 heterocycles. The summed E-state index contributed by atoms with van der Waals surface area (Å²) in [6, 6.07) is 8.37. The number of benzene rings is 1. The zero-order valence-corrected chi connectivity index (χ0v) is 12.1. The van der Waals surface area contributed by atoms with Crippen LogP contribution in [0.2, 0.25) is 0 Å². The Morgan fingerprint density at radius 3 is 2.95 bits per heavy atom. The number of rotatable bonds is 2. The molecule has 1 aliphatic heterocycles. The fourth-order valence-corrected chi connectivity index (χ4v) is 3.77. The zero-order valence-electron chi connectivity index (χ0n) is 11.3. The summed E-state index contributed by atoms with van der Waals surface area (Å²) in [6.07, 6.45) is 2.12. The van der Waals surface area contributed by atoms with Crippen molar-refractivity contribution in [1.29, 1.82) is 0 Å². The van der Waals surface area contributed by atoms with E-state index in [0.717, 1.165) is 29.9 Å². The van der Waals surface area contributed by atoms with Crippen LogP contribution in [0.4, 0.5) is 0 Å². The fourth-order valence-electron chi connectivity index (χ4n) is 2.65. The first-order valence-electron chi connectivity index (χ1n) is 6.83. The van der Waals surface area contributed by atoms with Crippen LogP contribution in [0.15, 0.2) is 24.3 Å². The second kappa shape index (κ2) is 4.93. The van der Waals surface area contributed by atoms with E-state index in [4.69, 9.17) is 4.98 Å². The first-order chi connectivity index (χ1) is 9.16. The number of aromatic nitrogens is 1. The van der Waals surface area contributed by atoms with Crippen molar-refractivity contribution in [2.75, 3.05) is 6.54 Å². The molecule has 0 N–H and O–H groups in total. The highest BCUT2D eigenvalue weighted by molar-refractivity contribution is 7.18. The van der Waals surface area contributed by atoms with E-state index in [1.165, 1.54) is 4.70 Å². The Balaban J connectivity index is 1.93. The number of nitrogens with zero attached hydrogens (tertiary/aromatic N) is 2. The van der Waals surface area contributed by atoms with Crippen molar-refractivity contribution in [2.24, 2.45) is 5.92 Å². The maximum absolute atomic E-state index is 12.2. The number of para-hydroxylation sites is 1. The minimum absolute atomic E-state index is 0.0648. The van der Waals surface area contributed by atoms with E-state index in [1.54, 1.807) is 11.3 Å². The third-order valence-electron chi connectivity index (χ3n) is 3.63. The Morgan fingerprint density at radius 1 is 1.42 bits per heavy atom. The number of carbonyl (C=O) groups is 1. The first-order valence-corrected chi connectivity index (χ1v) is 7.64. The lowest BCUT2D eigenvalue weighted by Gasteiger charge is -2.24. The van der Waals surface area contributed by atoms with Gasteiger partial charge in [-0.2, -0.15) is 0 Å². The molecule has 19 heavy (non-hydrogen) atoms. The molecule has 2 aromatic rings. The van der Waals surface area contributed by atoms with Gasteiger partial charge in [0.05, 0.1) is 16.3 Å². The Morgan fingerprint density at radius 2 is 2.21 bits per heavy atom. The lowest BCUT2D eigenvalue weighted by atomic mass is 10.1. The van der Waals surface area contributed by atoms with E-state index in [2.05, 4.69) is 6.07 Å². The molecule has 0 spiro atoms. The summed E-state index contributed by atoms with van der Waals surface area (Å²) in [7, 11) is 0. The van der Waals surface area contributed by atoms with E-state index < -0.39 is 0 Å². The molecule has 0 aliphatic carbocycles. The van der Waals surface area contributed by atoms with Gasteiger partial charge in [-0.25, -0.2) is 4.98 Å². The van der Waals surface area contributed by atoms with Crippen molar-refractivity contribution in [3.05, 3.63) is 29.3 Å². The van der Waals surface area contributed by atoms with Crippen molar-refractivity contribution in [1.82, 2.24) is 9.88 Å². The maximum atomic E-state index is 12.2. The molecule has 1 aromatic carbocycles. The smallest absolute Gasteiger partial charge is 0.225 e. The highest BCUT2D eigenvalue weighted by atomic mass is 32.1. The highest BCUT2D eigenvalue weighted by Gasteiger charge is 2.32. The van der Waals surface area contributed by atoms with Gasteiger partial charge in [0.1, 0.15) is 5.01 Å². The molecule has 100 valence electrons. The van der Waals surface area contributed by atoms with Crippen LogP contribution >= 0.6 is 11.3 Å². The lowest BCUT2D eigenvalue weighted by molar-refractivity contribution is -0.135. The van der Waals surface area contributed by atoms with Crippen molar-refractivity contribution in [2.45, 2.75) is 32.7 Å². The summed E-state index contributed by atoms with van der Waals surface area (Å²) in [4.78, 5) is 19.0. The van der Waals surface area contributed by atoms with E-state index in [-0.39, 0.29) is 17.9 Å². The van der Waals surface area contributed by atoms with Crippen LogP contribution in [-0.2, 0) is 4.79 Å². The highest BCUT2D eigenvalue weighted by Crippen LogP contribution is 2.37. The summed E-state index contributed by atoms with van der Waals surface area (Å²) >= 11 is 1.72. The standard InChI is InChI=1S/C15H18N2OS/c1-10(2)15(18)17-9-5-7-12(17)14-16-11-6-3-4-8-13(11)19-14/h3-4,6,8,10,12H,5,7,9H2,1-2H3. The molecule has 4 heteroatoms. The van der Waals surface area contributed by atoms with Crippen molar-refractivity contribution in [3.63, 3.8) is 0 Å². The average molecular weight is 274 g/mol. The quantitative estimate of drug-likeness (QED) is 0.838. The summed E-state index contributed by atoms with van der Waals surface area (Å²) in [5.41, 5.74) is 1.05. The molecular weight excluding hydrogens is 256 g/mol. The summed E-state index contributed by atoms with van der Waals surface area (Å²) in [5.74, 6) is 0.316. The molecule has 1 saturated heterocycles. The lowest BCUT2D eigenvalue weighted by Crippen LogP contribution is -2.33. The Labute approximate surface area is 117 Å². The van der Waals surface area contributed by atoms with Crippen LogP contribution in [0, 0.1) is 5.92 Å². The van der Waals surface area contributed by atoms with Gasteiger partial charge in [-0.1, -0.05) is 26.0 Å². The normalized spacial score (nSPS) is 19.5. The van der Waals surface area contributed by atoms with Crippen LogP contribution in [-0.4, -0.2) is 22.3 Å². The van der Waals surface area contributed by atoms with Gasteiger partial charge in [-0.15, -0.1) is 11.3 Å². The molecule has 0 saturated carbocycles. The topological polar surface area (TPSA) is 33.2 Å². The number of hydrogen-bond acceptors (Lipinski definition) is 3. The number of fused-ring (bicyclic) bond motifs is 1. The summed E-state index contributed by atoms with van der Waals surface area (Å²) < 4.78 is 1.21. The fraction of sp³-hybridized carbons (Fsp3) is 0.467. The molecule has 1 fully saturated rings. The van der Waals surface area contributed by atoms with Crippen LogP contribution in [0.25, 0.3) is 10.2 Å². The minimum atomic E-state index is 0.0648. The molecule has 1 aromatic heterocycles. The van der Waals surface area contributed by atoms with Gasteiger partial charge in [-0.05, 0) is 25.0 Å². The summed E-state index contributed by atoms with van der Waals surface area (Å²) in [6.45, 7) is 4.81. The maximum Gasteiger partial charge on any atom is 0.225 e. The SMILES string of the molecule is CC(C)C(=O)N1CCCC1c1nc2ccccc2s1. The molecule has 1 aliphatic rings. The Bertz CT molecular complexity index is 572. The zero-order chi connectivity index (χ0) is 13.4. The van der Waals surface area contributed by atoms with Gasteiger partial charge in [-0.3, -0.25) is 4.79 Å². The van der Waals surface area contributed by atoms with Crippen LogP contribution in [0.1, 0.15) is 37.7 Å². The van der Waals surface area contributed by atoms with E-state index in [9.17, 15) is 4.79 Å².